The van der Waals surface area contributed by atoms with E-state index in [1.54, 1.807) is 0 Å². The van der Waals surface area contributed by atoms with E-state index in [1.165, 1.54) is 29.6 Å². The number of rotatable bonds is 4. The van der Waals surface area contributed by atoms with Gasteiger partial charge in [0.25, 0.3) is 5.91 Å². The molecule has 0 aliphatic carbocycles. The Kier molecular flexibility index (Phi) is 6.96. The van der Waals surface area contributed by atoms with Crippen LogP contribution in [-0.4, -0.2) is 63.0 Å². The minimum Gasteiger partial charge on any atom is -0.496 e. The van der Waals surface area contributed by atoms with E-state index in [-0.39, 0.29) is 35.6 Å². The lowest BCUT2D eigenvalue weighted by atomic mass is 9.97. The monoisotopic (exact) mass is 448 g/mol. The average molecular weight is 449 g/mol. The predicted octanol–water partition coefficient (Wildman–Crippen LogP) is 3.67. The van der Waals surface area contributed by atoms with Crippen molar-refractivity contribution in [2.45, 2.75) is 49.6 Å². The van der Waals surface area contributed by atoms with Crippen LogP contribution in [0.4, 0.5) is 13.2 Å². The largest absolute Gasteiger partial charge is 0.496 e. The first-order chi connectivity index (χ1) is 14.1. The maximum absolute atomic E-state index is 13.1. The summed E-state index contributed by atoms with van der Waals surface area (Å²) in [4.78, 5) is 14.1. The van der Waals surface area contributed by atoms with Crippen molar-refractivity contribution in [3.8, 4) is 5.75 Å². The van der Waals surface area contributed by atoms with Crippen LogP contribution in [0.25, 0.3) is 0 Å². The summed E-state index contributed by atoms with van der Waals surface area (Å²) in [6.07, 6.45) is -0.679. The molecule has 0 aromatic heterocycles. The van der Waals surface area contributed by atoms with Gasteiger partial charge in [-0.05, 0) is 43.9 Å². The van der Waals surface area contributed by atoms with E-state index in [1.807, 2.05) is 0 Å². The second kappa shape index (κ2) is 9.13. The maximum atomic E-state index is 13.1. The van der Waals surface area contributed by atoms with Crippen LogP contribution in [0.15, 0.2) is 23.1 Å². The molecule has 6 nitrogen and oxygen atoms in total. The normalized spacial score (nSPS) is 21.9. The van der Waals surface area contributed by atoms with Crippen molar-refractivity contribution < 1.29 is 31.1 Å². The smallest absolute Gasteiger partial charge is 0.393 e. The zero-order chi connectivity index (χ0) is 21.9. The molecule has 1 atom stereocenters. The van der Waals surface area contributed by atoms with Crippen LogP contribution in [0, 0.1) is 5.92 Å². The number of amides is 1. The van der Waals surface area contributed by atoms with Crippen LogP contribution >= 0.6 is 0 Å². The van der Waals surface area contributed by atoms with Crippen LogP contribution in [0.5, 0.6) is 5.75 Å². The van der Waals surface area contributed by atoms with Crippen LogP contribution in [0.3, 0.4) is 0 Å². The third-order valence-electron chi connectivity index (χ3n) is 5.78. The molecule has 30 heavy (non-hydrogen) atoms. The molecule has 1 aromatic rings. The Morgan fingerprint density at radius 1 is 1.07 bits per heavy atom. The molecule has 2 saturated heterocycles. The van der Waals surface area contributed by atoms with Crippen LogP contribution in [0.2, 0.25) is 0 Å². The van der Waals surface area contributed by atoms with Crippen molar-refractivity contribution in [3.05, 3.63) is 23.8 Å². The second-order valence-electron chi connectivity index (χ2n) is 7.81. The number of piperidine rings is 1. The average Bonchev–Trinajstić information content (AvgIpc) is 3.02. The highest BCUT2D eigenvalue weighted by molar-refractivity contribution is 7.89. The molecule has 168 valence electrons. The van der Waals surface area contributed by atoms with E-state index < -0.39 is 34.6 Å². The zero-order valence-electron chi connectivity index (χ0n) is 17.0. The lowest BCUT2D eigenvalue weighted by Crippen LogP contribution is -2.44. The van der Waals surface area contributed by atoms with Gasteiger partial charge in [-0.25, -0.2) is 8.42 Å². The minimum atomic E-state index is -4.37. The van der Waals surface area contributed by atoms with Gasteiger partial charge in [0, 0.05) is 26.2 Å². The Hall–Kier alpha value is -1.81. The van der Waals surface area contributed by atoms with E-state index in [0.29, 0.717) is 13.1 Å². The van der Waals surface area contributed by atoms with E-state index in [4.69, 9.17) is 4.74 Å². The Morgan fingerprint density at radius 2 is 1.73 bits per heavy atom. The zero-order valence-corrected chi connectivity index (χ0v) is 17.8. The molecule has 0 saturated carbocycles. The standard InChI is InChI=1S/C20H27F3N2O4S/c1-29-18-9-8-16(30(27,28)25-11-4-2-3-5-12-25)13-17(18)19(26)24-10-6-7-15(14-24)20(21,22)23/h8-9,13,15H,2-7,10-12,14H2,1H3/t15-/m0/s1. The first-order valence-electron chi connectivity index (χ1n) is 10.2. The van der Waals surface area contributed by atoms with Gasteiger partial charge in [0.05, 0.1) is 23.5 Å². The molecule has 2 fully saturated rings. The number of sulfonamides is 1. The number of carbonyl (C=O) groups excluding carboxylic acids is 1. The summed E-state index contributed by atoms with van der Waals surface area (Å²) in [6, 6.07) is 4.01. The number of nitrogens with zero attached hydrogens (tertiary/aromatic N) is 2. The van der Waals surface area contributed by atoms with Crippen LogP contribution < -0.4 is 4.74 Å². The molecule has 0 spiro atoms. The van der Waals surface area contributed by atoms with E-state index in [0.717, 1.165) is 30.6 Å². The quantitative estimate of drug-likeness (QED) is 0.705. The fourth-order valence-corrected chi connectivity index (χ4v) is 5.59. The molecular weight excluding hydrogens is 421 g/mol. The molecule has 3 rings (SSSR count). The SMILES string of the molecule is COc1ccc(S(=O)(=O)N2CCCCCC2)cc1C(=O)N1CCC[C@H](C(F)(F)F)C1. The van der Waals surface area contributed by atoms with Gasteiger partial charge in [0.15, 0.2) is 0 Å². The fourth-order valence-electron chi connectivity index (χ4n) is 4.04. The molecule has 10 heteroatoms. The molecule has 0 bridgehead atoms. The van der Waals surface area contributed by atoms with Gasteiger partial charge in [0.2, 0.25) is 10.0 Å². The summed E-state index contributed by atoms with van der Waals surface area (Å²) in [5.41, 5.74) is -0.0313. The summed E-state index contributed by atoms with van der Waals surface area (Å²) in [5.74, 6) is -2.08. The Morgan fingerprint density at radius 3 is 2.33 bits per heavy atom. The second-order valence-corrected chi connectivity index (χ2v) is 9.75. The van der Waals surface area contributed by atoms with Gasteiger partial charge in [-0.2, -0.15) is 17.5 Å². The summed E-state index contributed by atoms with van der Waals surface area (Å²) < 4.78 is 72.2. The highest BCUT2D eigenvalue weighted by Gasteiger charge is 2.43. The summed E-state index contributed by atoms with van der Waals surface area (Å²) >= 11 is 0. The number of ether oxygens (including phenoxy) is 1. The Labute approximate surface area is 175 Å². The molecule has 2 aliphatic rings. The van der Waals surface area contributed by atoms with Crippen molar-refractivity contribution in [2.75, 3.05) is 33.3 Å². The summed E-state index contributed by atoms with van der Waals surface area (Å²) in [7, 11) is -2.47. The van der Waals surface area contributed by atoms with Crippen LogP contribution in [0.1, 0.15) is 48.9 Å². The van der Waals surface area contributed by atoms with E-state index in [2.05, 4.69) is 0 Å². The summed E-state index contributed by atoms with van der Waals surface area (Å²) in [5, 5.41) is 0. The number of alkyl halides is 3. The van der Waals surface area contributed by atoms with Crippen molar-refractivity contribution in [2.24, 2.45) is 5.92 Å². The predicted molar refractivity (Wildman–Crippen MR) is 105 cm³/mol. The lowest BCUT2D eigenvalue weighted by Gasteiger charge is -2.34. The lowest BCUT2D eigenvalue weighted by molar-refractivity contribution is -0.184. The minimum absolute atomic E-state index is 0.0200. The third-order valence-corrected chi connectivity index (χ3v) is 7.67. The number of halogens is 3. The van der Waals surface area contributed by atoms with Crippen molar-refractivity contribution >= 4 is 15.9 Å². The van der Waals surface area contributed by atoms with Crippen molar-refractivity contribution in [1.82, 2.24) is 9.21 Å². The number of methoxy groups -OCH3 is 1. The van der Waals surface area contributed by atoms with Gasteiger partial charge in [-0.15, -0.1) is 0 Å². The highest BCUT2D eigenvalue weighted by Crippen LogP contribution is 2.34. The molecule has 1 amide bonds. The van der Waals surface area contributed by atoms with Gasteiger partial charge < -0.3 is 9.64 Å². The fraction of sp³-hybridized carbons (Fsp3) is 0.650. The number of likely N-dealkylation sites (tertiary alicyclic amines) is 1. The molecule has 0 unspecified atom stereocenters. The molecule has 0 N–H and O–H groups in total. The Bertz CT molecular complexity index is 865. The molecular formula is C20H27F3N2O4S. The Balaban J connectivity index is 1.90. The third kappa shape index (κ3) is 4.91. The van der Waals surface area contributed by atoms with E-state index in [9.17, 15) is 26.4 Å². The van der Waals surface area contributed by atoms with Gasteiger partial charge in [-0.1, -0.05) is 12.8 Å². The van der Waals surface area contributed by atoms with Gasteiger partial charge in [0.1, 0.15) is 5.75 Å². The first-order valence-corrected chi connectivity index (χ1v) is 11.6. The summed E-state index contributed by atoms with van der Waals surface area (Å²) in [6.45, 7) is 0.584. The topological polar surface area (TPSA) is 66.9 Å². The molecule has 2 aliphatic heterocycles. The van der Waals surface area contributed by atoms with E-state index >= 15 is 0 Å². The number of benzene rings is 1. The number of hydrogen-bond donors (Lipinski definition) is 0. The highest BCUT2D eigenvalue weighted by atomic mass is 32.2. The first kappa shape index (κ1) is 22.9. The molecule has 0 radical (unpaired) electrons. The maximum Gasteiger partial charge on any atom is 0.393 e. The van der Waals surface area contributed by atoms with Gasteiger partial charge in [-0.3, -0.25) is 4.79 Å². The van der Waals surface area contributed by atoms with Crippen molar-refractivity contribution in [1.29, 1.82) is 0 Å². The molecule has 2 heterocycles. The number of hydrogen-bond acceptors (Lipinski definition) is 4. The van der Waals surface area contributed by atoms with Crippen LogP contribution in [-0.2, 0) is 10.0 Å². The van der Waals surface area contributed by atoms with Crippen molar-refractivity contribution in [3.63, 3.8) is 0 Å². The molecule has 1 aromatic carbocycles. The number of carbonyl (C=O) groups is 1. The van der Waals surface area contributed by atoms with Gasteiger partial charge >= 0.3 is 6.18 Å².